The maximum Gasteiger partial charge on any atom is 0.0105 e. The van der Waals surface area contributed by atoms with Gasteiger partial charge < -0.3 is 5.32 Å². The Labute approximate surface area is 111 Å². The fourth-order valence-corrected chi connectivity index (χ4v) is 3.19. The molecule has 0 aromatic heterocycles. The van der Waals surface area contributed by atoms with Crippen molar-refractivity contribution in [1.29, 1.82) is 0 Å². The molecule has 1 nitrogen and oxygen atoms in total. The van der Waals surface area contributed by atoms with E-state index in [1.165, 1.54) is 50.6 Å². The summed E-state index contributed by atoms with van der Waals surface area (Å²) in [6.07, 6.45) is 8.36. The molecule has 1 aromatic rings. The van der Waals surface area contributed by atoms with E-state index in [2.05, 4.69) is 42.6 Å². The van der Waals surface area contributed by atoms with Gasteiger partial charge >= 0.3 is 0 Å². The van der Waals surface area contributed by atoms with Gasteiger partial charge in [0, 0.05) is 12.6 Å². The highest BCUT2D eigenvalue weighted by molar-refractivity contribution is 5.16. The van der Waals surface area contributed by atoms with E-state index >= 15 is 0 Å². The lowest BCUT2D eigenvalue weighted by atomic mass is 9.98. The summed E-state index contributed by atoms with van der Waals surface area (Å²) in [6.45, 7) is 3.57. The molecule has 0 heterocycles. The maximum absolute atomic E-state index is 3.84. The van der Waals surface area contributed by atoms with Gasteiger partial charge in [0.15, 0.2) is 0 Å². The van der Waals surface area contributed by atoms with Crippen molar-refractivity contribution >= 4 is 0 Å². The van der Waals surface area contributed by atoms with Gasteiger partial charge in [0.2, 0.25) is 0 Å². The Balaban J connectivity index is 1.50. The molecule has 0 aliphatic heterocycles. The summed E-state index contributed by atoms with van der Waals surface area (Å²) in [5.41, 5.74) is 2.19. The largest absolute Gasteiger partial charge is 0.313 e. The first-order valence-electron chi connectivity index (χ1n) is 7.60. The van der Waals surface area contributed by atoms with Crippen LogP contribution in [0.2, 0.25) is 0 Å². The van der Waals surface area contributed by atoms with Crippen molar-refractivity contribution in [3.63, 3.8) is 0 Å². The van der Waals surface area contributed by atoms with Crippen molar-refractivity contribution in [2.45, 2.75) is 51.5 Å². The van der Waals surface area contributed by atoms with E-state index < -0.39 is 0 Å². The fraction of sp³-hybridized carbons (Fsp3) is 0.647. The minimum atomic E-state index is 0.656. The van der Waals surface area contributed by atoms with Crippen LogP contribution in [-0.2, 0) is 6.42 Å². The Hall–Kier alpha value is -0.820. The number of benzene rings is 1. The summed E-state index contributed by atoms with van der Waals surface area (Å²) in [5.74, 6) is 1.07. The zero-order chi connectivity index (χ0) is 12.4. The Morgan fingerprint density at radius 3 is 2.50 bits per heavy atom. The second-order valence-corrected chi connectivity index (χ2v) is 6.31. The first-order valence-corrected chi connectivity index (χ1v) is 7.60. The van der Waals surface area contributed by atoms with Crippen LogP contribution in [0.5, 0.6) is 0 Å². The van der Waals surface area contributed by atoms with Crippen molar-refractivity contribution in [3.05, 3.63) is 35.9 Å². The molecule has 1 unspecified atom stereocenters. The lowest BCUT2D eigenvalue weighted by Gasteiger charge is -2.22. The van der Waals surface area contributed by atoms with Crippen molar-refractivity contribution in [3.8, 4) is 0 Å². The minimum Gasteiger partial charge on any atom is -0.313 e. The SMILES string of the molecule is CCC(Cc1ccccc1)NCC1(C2CC2)CC1. The van der Waals surface area contributed by atoms with E-state index in [1.54, 1.807) is 0 Å². The molecule has 0 saturated heterocycles. The van der Waals surface area contributed by atoms with Crippen LogP contribution in [0.15, 0.2) is 30.3 Å². The molecule has 18 heavy (non-hydrogen) atoms. The van der Waals surface area contributed by atoms with Gasteiger partial charge in [-0.15, -0.1) is 0 Å². The normalized spacial score (nSPS) is 22.7. The molecule has 0 amide bonds. The van der Waals surface area contributed by atoms with Gasteiger partial charge in [-0.1, -0.05) is 37.3 Å². The van der Waals surface area contributed by atoms with Gasteiger partial charge in [-0.05, 0) is 55.4 Å². The highest BCUT2D eigenvalue weighted by Gasteiger charge is 2.53. The van der Waals surface area contributed by atoms with Crippen LogP contribution in [0.25, 0.3) is 0 Å². The molecule has 0 radical (unpaired) electrons. The highest BCUT2D eigenvalue weighted by Crippen LogP contribution is 2.60. The lowest BCUT2D eigenvalue weighted by Crippen LogP contribution is -2.36. The maximum atomic E-state index is 3.84. The fourth-order valence-electron chi connectivity index (χ4n) is 3.19. The zero-order valence-corrected chi connectivity index (χ0v) is 11.5. The summed E-state index contributed by atoms with van der Waals surface area (Å²) < 4.78 is 0. The van der Waals surface area contributed by atoms with Gasteiger partial charge in [0.25, 0.3) is 0 Å². The molecular weight excluding hydrogens is 218 g/mol. The van der Waals surface area contributed by atoms with Crippen LogP contribution in [0.3, 0.4) is 0 Å². The van der Waals surface area contributed by atoms with Crippen molar-refractivity contribution in [2.24, 2.45) is 11.3 Å². The monoisotopic (exact) mass is 243 g/mol. The molecule has 1 heteroatoms. The van der Waals surface area contributed by atoms with Crippen LogP contribution >= 0.6 is 0 Å². The first kappa shape index (κ1) is 12.2. The van der Waals surface area contributed by atoms with E-state index in [4.69, 9.17) is 0 Å². The number of hydrogen-bond donors (Lipinski definition) is 1. The van der Waals surface area contributed by atoms with E-state index in [0.717, 1.165) is 11.3 Å². The Morgan fingerprint density at radius 1 is 1.22 bits per heavy atom. The average Bonchev–Trinajstić information content (AvgIpc) is 3.28. The second-order valence-electron chi connectivity index (χ2n) is 6.31. The third-order valence-corrected chi connectivity index (χ3v) is 4.90. The molecule has 0 spiro atoms. The molecule has 1 N–H and O–H groups in total. The standard InChI is InChI=1S/C17H25N/c1-2-16(12-14-6-4-3-5-7-14)18-13-17(10-11-17)15-8-9-15/h3-7,15-16,18H,2,8-13H2,1H3. The van der Waals surface area contributed by atoms with Crippen LogP contribution < -0.4 is 5.32 Å². The van der Waals surface area contributed by atoms with Crippen LogP contribution in [-0.4, -0.2) is 12.6 Å². The number of hydrogen-bond acceptors (Lipinski definition) is 1. The Morgan fingerprint density at radius 2 is 1.94 bits per heavy atom. The number of nitrogens with one attached hydrogen (secondary N) is 1. The number of rotatable bonds is 7. The molecule has 2 saturated carbocycles. The van der Waals surface area contributed by atoms with E-state index in [9.17, 15) is 0 Å². The van der Waals surface area contributed by atoms with Crippen LogP contribution in [0.4, 0.5) is 0 Å². The molecule has 1 atom stereocenters. The molecule has 2 fully saturated rings. The van der Waals surface area contributed by atoms with E-state index in [1.807, 2.05) is 0 Å². The molecule has 98 valence electrons. The molecule has 2 aliphatic rings. The van der Waals surface area contributed by atoms with Crippen LogP contribution in [0, 0.1) is 11.3 Å². The van der Waals surface area contributed by atoms with Gasteiger partial charge in [0.1, 0.15) is 0 Å². The van der Waals surface area contributed by atoms with Crippen LogP contribution in [0.1, 0.15) is 44.6 Å². The molecule has 0 bridgehead atoms. The summed E-state index contributed by atoms with van der Waals surface area (Å²) in [6, 6.07) is 11.5. The quantitative estimate of drug-likeness (QED) is 0.768. The summed E-state index contributed by atoms with van der Waals surface area (Å²) in [4.78, 5) is 0. The zero-order valence-electron chi connectivity index (χ0n) is 11.5. The third-order valence-electron chi connectivity index (χ3n) is 4.90. The Bertz CT molecular complexity index is 376. The molecule has 2 aliphatic carbocycles. The van der Waals surface area contributed by atoms with Crippen molar-refractivity contribution in [2.75, 3.05) is 6.54 Å². The molecule has 1 aromatic carbocycles. The summed E-state index contributed by atoms with van der Waals surface area (Å²) in [5, 5.41) is 3.84. The minimum absolute atomic E-state index is 0.656. The second kappa shape index (κ2) is 5.05. The smallest absolute Gasteiger partial charge is 0.0105 e. The van der Waals surface area contributed by atoms with Crippen molar-refractivity contribution in [1.82, 2.24) is 5.32 Å². The average molecular weight is 243 g/mol. The predicted octanol–water partition coefficient (Wildman–Crippen LogP) is 3.79. The topological polar surface area (TPSA) is 12.0 Å². The molecular formula is C17H25N. The summed E-state index contributed by atoms with van der Waals surface area (Å²) in [7, 11) is 0. The Kier molecular flexibility index (Phi) is 3.43. The molecule has 3 rings (SSSR count). The van der Waals surface area contributed by atoms with Gasteiger partial charge in [-0.2, -0.15) is 0 Å². The van der Waals surface area contributed by atoms with Crippen molar-refractivity contribution < 1.29 is 0 Å². The van der Waals surface area contributed by atoms with Gasteiger partial charge in [0.05, 0.1) is 0 Å². The van der Waals surface area contributed by atoms with E-state index in [0.29, 0.717) is 6.04 Å². The van der Waals surface area contributed by atoms with Gasteiger partial charge in [-0.25, -0.2) is 0 Å². The first-order chi connectivity index (χ1) is 8.82. The lowest BCUT2D eigenvalue weighted by molar-refractivity contribution is 0.365. The van der Waals surface area contributed by atoms with Gasteiger partial charge in [-0.3, -0.25) is 0 Å². The third kappa shape index (κ3) is 2.77. The predicted molar refractivity (Wildman–Crippen MR) is 76.6 cm³/mol. The van der Waals surface area contributed by atoms with E-state index in [-0.39, 0.29) is 0 Å². The highest BCUT2D eigenvalue weighted by atomic mass is 14.9. The summed E-state index contributed by atoms with van der Waals surface area (Å²) >= 11 is 0.